The molecule has 3 nitrogen and oxygen atoms in total. The molecule has 0 aliphatic heterocycles. The second kappa shape index (κ2) is 4.63. The highest BCUT2D eigenvalue weighted by Gasteiger charge is 2.33. The summed E-state index contributed by atoms with van der Waals surface area (Å²) in [4.78, 5) is 0. The van der Waals surface area contributed by atoms with Crippen molar-refractivity contribution in [1.29, 1.82) is 0 Å². The lowest BCUT2D eigenvalue weighted by molar-refractivity contribution is 0.407. The fourth-order valence-electron chi connectivity index (χ4n) is 1.39. The zero-order chi connectivity index (χ0) is 12.4. The summed E-state index contributed by atoms with van der Waals surface area (Å²) in [5.74, 6) is 0.677. The van der Waals surface area contributed by atoms with Gasteiger partial charge in [0.2, 0.25) is 9.05 Å². The molecule has 0 saturated carbocycles. The molecule has 5 heteroatoms. The number of para-hydroxylation sites is 1. The van der Waals surface area contributed by atoms with Crippen LogP contribution in [0.3, 0.4) is 0 Å². The number of methoxy groups -OCH3 is 1. The van der Waals surface area contributed by atoms with Gasteiger partial charge >= 0.3 is 0 Å². The van der Waals surface area contributed by atoms with Gasteiger partial charge in [0, 0.05) is 10.7 Å². The number of halogens is 1. The summed E-state index contributed by atoms with van der Waals surface area (Å²) in [6.45, 7) is 3.20. The Bertz CT molecular complexity index is 466. The topological polar surface area (TPSA) is 43.4 Å². The van der Waals surface area contributed by atoms with E-state index in [0.717, 1.165) is 5.56 Å². The van der Waals surface area contributed by atoms with Crippen molar-refractivity contribution in [3.63, 3.8) is 0 Å². The predicted molar refractivity (Wildman–Crippen MR) is 65.5 cm³/mol. The van der Waals surface area contributed by atoms with Gasteiger partial charge in [-0.15, -0.1) is 0 Å². The number of rotatable bonds is 4. The Labute approximate surface area is 101 Å². The molecule has 0 radical (unpaired) electrons. The van der Waals surface area contributed by atoms with E-state index in [1.165, 1.54) is 0 Å². The van der Waals surface area contributed by atoms with Gasteiger partial charge in [-0.1, -0.05) is 18.2 Å². The van der Waals surface area contributed by atoms with Crippen molar-refractivity contribution in [3.8, 4) is 5.75 Å². The van der Waals surface area contributed by atoms with Gasteiger partial charge in [0.25, 0.3) is 0 Å². The first kappa shape index (κ1) is 13.3. The minimum atomic E-state index is -3.61. The molecule has 0 aromatic heterocycles. The maximum Gasteiger partial charge on any atom is 0.238 e. The van der Waals surface area contributed by atoms with Crippen LogP contribution in [0, 0.1) is 0 Å². The third kappa shape index (κ3) is 2.89. The lowest BCUT2D eigenvalue weighted by Gasteiger charge is -2.21. The highest BCUT2D eigenvalue weighted by atomic mass is 35.7. The van der Waals surface area contributed by atoms with Gasteiger partial charge in [0.1, 0.15) is 5.75 Å². The van der Waals surface area contributed by atoms with Crippen LogP contribution in [0.5, 0.6) is 5.75 Å². The minimum Gasteiger partial charge on any atom is -0.496 e. The molecular weight excluding hydrogens is 248 g/mol. The van der Waals surface area contributed by atoms with E-state index in [-0.39, 0.29) is 0 Å². The molecule has 0 fully saturated rings. The molecule has 0 atom stereocenters. The van der Waals surface area contributed by atoms with Gasteiger partial charge < -0.3 is 4.74 Å². The SMILES string of the molecule is COc1ccccc1CC(C)(C)S(=O)(=O)Cl. The molecule has 0 amide bonds. The molecule has 0 N–H and O–H groups in total. The predicted octanol–water partition coefficient (Wildman–Crippen LogP) is 2.58. The van der Waals surface area contributed by atoms with Crippen molar-refractivity contribution in [2.24, 2.45) is 0 Å². The highest BCUT2D eigenvalue weighted by Crippen LogP contribution is 2.29. The summed E-state index contributed by atoms with van der Waals surface area (Å²) >= 11 is 0. The summed E-state index contributed by atoms with van der Waals surface area (Å²) in [5, 5.41) is 0. The summed E-state index contributed by atoms with van der Waals surface area (Å²) in [7, 11) is 3.35. The van der Waals surface area contributed by atoms with Crippen LogP contribution in [0.2, 0.25) is 0 Å². The quantitative estimate of drug-likeness (QED) is 0.784. The van der Waals surface area contributed by atoms with E-state index < -0.39 is 13.8 Å². The fourth-order valence-corrected chi connectivity index (χ4v) is 1.89. The van der Waals surface area contributed by atoms with Gasteiger partial charge in [-0.3, -0.25) is 0 Å². The standard InChI is InChI=1S/C11H15ClO3S/c1-11(2,16(12,13)14)8-9-6-4-5-7-10(9)15-3/h4-7H,8H2,1-3H3. The number of hydrogen-bond acceptors (Lipinski definition) is 3. The Kier molecular flexibility index (Phi) is 3.86. The van der Waals surface area contributed by atoms with E-state index in [1.54, 1.807) is 27.0 Å². The zero-order valence-electron chi connectivity index (χ0n) is 9.53. The van der Waals surface area contributed by atoms with Crippen LogP contribution in [0.15, 0.2) is 24.3 Å². The van der Waals surface area contributed by atoms with Crippen molar-refractivity contribution in [3.05, 3.63) is 29.8 Å². The van der Waals surface area contributed by atoms with Crippen molar-refractivity contribution in [1.82, 2.24) is 0 Å². The number of ether oxygens (including phenoxy) is 1. The molecular formula is C11H15ClO3S. The third-order valence-electron chi connectivity index (χ3n) is 2.47. The van der Waals surface area contributed by atoms with Crippen molar-refractivity contribution in [2.45, 2.75) is 25.0 Å². The Balaban J connectivity index is 3.06. The van der Waals surface area contributed by atoms with E-state index in [9.17, 15) is 8.42 Å². The Morgan fingerprint density at radius 2 is 1.88 bits per heavy atom. The summed E-state index contributed by atoms with van der Waals surface area (Å²) in [6.07, 6.45) is 0.322. The summed E-state index contributed by atoms with van der Waals surface area (Å²) in [6, 6.07) is 7.31. The van der Waals surface area contributed by atoms with Gasteiger partial charge in [-0.05, 0) is 31.9 Å². The second-order valence-electron chi connectivity index (χ2n) is 4.19. The van der Waals surface area contributed by atoms with E-state index >= 15 is 0 Å². The smallest absolute Gasteiger partial charge is 0.238 e. The molecule has 1 aromatic rings. The Hall–Kier alpha value is -0.740. The Morgan fingerprint density at radius 3 is 2.38 bits per heavy atom. The lowest BCUT2D eigenvalue weighted by Crippen LogP contribution is -2.30. The van der Waals surface area contributed by atoms with Crippen molar-refractivity contribution in [2.75, 3.05) is 7.11 Å². The first-order valence-corrected chi connectivity index (χ1v) is 7.15. The molecule has 90 valence electrons. The van der Waals surface area contributed by atoms with E-state index in [4.69, 9.17) is 15.4 Å². The van der Waals surface area contributed by atoms with Crippen molar-refractivity contribution < 1.29 is 13.2 Å². The Morgan fingerprint density at radius 1 is 1.31 bits per heavy atom. The average Bonchev–Trinajstić information content (AvgIpc) is 2.16. The summed E-state index contributed by atoms with van der Waals surface area (Å²) in [5.41, 5.74) is 0.833. The molecule has 0 heterocycles. The van der Waals surface area contributed by atoms with Crippen LogP contribution in [0.1, 0.15) is 19.4 Å². The van der Waals surface area contributed by atoms with E-state index in [2.05, 4.69) is 0 Å². The lowest BCUT2D eigenvalue weighted by atomic mass is 10.0. The molecule has 0 spiro atoms. The van der Waals surface area contributed by atoms with Crippen LogP contribution in [0.25, 0.3) is 0 Å². The van der Waals surface area contributed by atoms with Gasteiger partial charge in [0.15, 0.2) is 0 Å². The zero-order valence-corrected chi connectivity index (χ0v) is 11.1. The van der Waals surface area contributed by atoms with Gasteiger partial charge in [-0.25, -0.2) is 8.42 Å². The molecule has 1 rings (SSSR count). The monoisotopic (exact) mass is 262 g/mol. The molecule has 0 saturated heterocycles. The van der Waals surface area contributed by atoms with Gasteiger partial charge in [-0.2, -0.15) is 0 Å². The van der Waals surface area contributed by atoms with E-state index in [1.807, 2.05) is 18.2 Å². The van der Waals surface area contributed by atoms with Gasteiger partial charge in [0.05, 0.1) is 11.9 Å². The highest BCUT2D eigenvalue weighted by molar-refractivity contribution is 8.14. The van der Waals surface area contributed by atoms with E-state index in [0.29, 0.717) is 12.2 Å². The third-order valence-corrected chi connectivity index (χ3v) is 5.19. The second-order valence-corrected chi connectivity index (χ2v) is 7.39. The molecule has 0 aliphatic carbocycles. The maximum atomic E-state index is 11.4. The van der Waals surface area contributed by atoms with Crippen LogP contribution < -0.4 is 4.74 Å². The van der Waals surface area contributed by atoms with Crippen LogP contribution in [-0.4, -0.2) is 20.3 Å². The molecule has 0 bridgehead atoms. The molecule has 0 unspecified atom stereocenters. The summed E-state index contributed by atoms with van der Waals surface area (Å²) < 4.78 is 26.9. The van der Waals surface area contributed by atoms with Crippen LogP contribution in [-0.2, 0) is 15.5 Å². The molecule has 0 aliphatic rings. The number of hydrogen-bond donors (Lipinski definition) is 0. The van der Waals surface area contributed by atoms with Crippen molar-refractivity contribution >= 4 is 19.7 Å². The van der Waals surface area contributed by atoms with Crippen LogP contribution >= 0.6 is 10.7 Å². The first-order valence-electron chi connectivity index (χ1n) is 4.84. The maximum absolute atomic E-state index is 11.4. The largest absolute Gasteiger partial charge is 0.496 e. The first-order chi connectivity index (χ1) is 7.28. The molecule has 1 aromatic carbocycles. The van der Waals surface area contributed by atoms with Crippen LogP contribution in [0.4, 0.5) is 0 Å². The average molecular weight is 263 g/mol. The normalized spacial score (nSPS) is 12.5. The minimum absolute atomic E-state index is 0.322. The molecule has 16 heavy (non-hydrogen) atoms. The number of benzene rings is 1. The fraction of sp³-hybridized carbons (Fsp3) is 0.455.